The van der Waals surface area contributed by atoms with Crippen molar-refractivity contribution in [3.05, 3.63) is 158 Å². The Labute approximate surface area is 265 Å². The standard InChI is InChI=1S/C42H28N2O2/c45-40-20-10-6-14-30(40)27-24-35-32-16-5-9-19-38(32)44(42(35)36(25-27)33-17-7-11-21-41(33)46)29-22-23-39-34(26-29)31-15-4-8-18-37(31)43(39)28-12-2-1-3-13-28/h1-26,45-46H. The van der Waals surface area contributed by atoms with E-state index in [1.165, 1.54) is 5.39 Å². The minimum Gasteiger partial charge on any atom is -0.507 e. The lowest BCUT2D eigenvalue weighted by Gasteiger charge is -2.15. The Hall–Kier alpha value is -6.26. The summed E-state index contributed by atoms with van der Waals surface area (Å²) in [5, 5.41) is 26.5. The highest BCUT2D eigenvalue weighted by molar-refractivity contribution is 6.16. The van der Waals surface area contributed by atoms with Gasteiger partial charge in [-0.1, -0.05) is 91.0 Å². The molecule has 0 saturated carbocycles. The Morgan fingerprint density at radius 1 is 0.348 bits per heavy atom. The molecular weight excluding hydrogens is 564 g/mol. The highest BCUT2D eigenvalue weighted by atomic mass is 16.3. The van der Waals surface area contributed by atoms with Crippen LogP contribution in [-0.2, 0) is 0 Å². The number of phenols is 2. The molecule has 0 bridgehead atoms. The fourth-order valence-electron chi connectivity index (χ4n) is 7.10. The normalized spacial score (nSPS) is 11.7. The van der Waals surface area contributed by atoms with Crippen molar-refractivity contribution in [3.8, 4) is 45.1 Å². The zero-order valence-corrected chi connectivity index (χ0v) is 24.8. The van der Waals surface area contributed by atoms with Gasteiger partial charge in [0.2, 0.25) is 0 Å². The van der Waals surface area contributed by atoms with Crippen LogP contribution in [0.15, 0.2) is 158 Å². The van der Waals surface area contributed by atoms with Crippen LogP contribution in [0.5, 0.6) is 11.5 Å². The molecule has 4 nitrogen and oxygen atoms in total. The second kappa shape index (κ2) is 10.1. The van der Waals surface area contributed by atoms with Gasteiger partial charge in [-0.15, -0.1) is 0 Å². The van der Waals surface area contributed by atoms with Gasteiger partial charge in [-0.25, -0.2) is 0 Å². The molecule has 0 saturated heterocycles. The van der Waals surface area contributed by atoms with Crippen LogP contribution in [0.4, 0.5) is 0 Å². The number of benzene rings is 7. The van der Waals surface area contributed by atoms with E-state index in [1.54, 1.807) is 12.1 Å². The van der Waals surface area contributed by atoms with E-state index in [0.29, 0.717) is 0 Å². The van der Waals surface area contributed by atoms with Crippen LogP contribution in [0.25, 0.3) is 77.2 Å². The fraction of sp³-hybridized carbons (Fsp3) is 0. The molecule has 0 atom stereocenters. The SMILES string of the molecule is Oc1ccccc1-c1cc(-c2ccccc2O)c2c(c1)c1ccccc1n2-c1ccc2c(c1)c1ccccc1n2-c1ccccc1. The predicted molar refractivity (Wildman–Crippen MR) is 189 cm³/mol. The van der Waals surface area contributed by atoms with Crippen molar-refractivity contribution in [1.29, 1.82) is 0 Å². The third kappa shape index (κ3) is 3.87. The van der Waals surface area contributed by atoms with Gasteiger partial charge in [-0.2, -0.15) is 0 Å². The van der Waals surface area contributed by atoms with E-state index in [4.69, 9.17) is 0 Å². The highest BCUT2D eigenvalue weighted by Crippen LogP contribution is 2.45. The first-order chi connectivity index (χ1) is 22.7. The molecular formula is C42H28N2O2. The Morgan fingerprint density at radius 3 is 1.63 bits per heavy atom. The molecule has 9 rings (SSSR count). The van der Waals surface area contributed by atoms with E-state index in [1.807, 2.05) is 42.5 Å². The first kappa shape index (κ1) is 26.2. The zero-order valence-electron chi connectivity index (χ0n) is 24.8. The summed E-state index contributed by atoms with van der Waals surface area (Å²) in [6.45, 7) is 0. The van der Waals surface area contributed by atoms with Gasteiger partial charge >= 0.3 is 0 Å². The number of nitrogens with zero attached hydrogens (tertiary/aromatic N) is 2. The Morgan fingerprint density at radius 2 is 0.913 bits per heavy atom. The molecule has 0 amide bonds. The summed E-state index contributed by atoms with van der Waals surface area (Å²) in [6, 6.07) is 53.3. The van der Waals surface area contributed by atoms with E-state index in [9.17, 15) is 10.2 Å². The molecule has 0 aliphatic carbocycles. The topological polar surface area (TPSA) is 50.3 Å². The third-order valence-corrected chi connectivity index (χ3v) is 9.11. The molecule has 2 heterocycles. The monoisotopic (exact) mass is 592 g/mol. The summed E-state index contributed by atoms with van der Waals surface area (Å²) in [5.41, 5.74) is 9.75. The highest BCUT2D eigenvalue weighted by Gasteiger charge is 2.21. The minimum atomic E-state index is 0.205. The smallest absolute Gasteiger partial charge is 0.123 e. The van der Waals surface area contributed by atoms with Crippen LogP contribution in [0.3, 0.4) is 0 Å². The van der Waals surface area contributed by atoms with Crippen LogP contribution in [0.1, 0.15) is 0 Å². The Balaban J connectivity index is 1.41. The summed E-state index contributed by atoms with van der Waals surface area (Å²) < 4.78 is 4.64. The number of rotatable bonds is 4. The molecule has 9 aromatic rings. The second-order valence-electron chi connectivity index (χ2n) is 11.7. The maximum absolute atomic E-state index is 11.2. The number of phenolic OH excluding ortho intramolecular Hbond substituents is 2. The van der Waals surface area contributed by atoms with Gasteiger partial charge in [0.1, 0.15) is 11.5 Å². The van der Waals surface area contributed by atoms with Crippen molar-refractivity contribution >= 4 is 43.6 Å². The summed E-state index contributed by atoms with van der Waals surface area (Å²) >= 11 is 0. The van der Waals surface area contributed by atoms with E-state index < -0.39 is 0 Å². The molecule has 0 fully saturated rings. The van der Waals surface area contributed by atoms with Gasteiger partial charge in [0.15, 0.2) is 0 Å². The van der Waals surface area contributed by atoms with Gasteiger partial charge in [0, 0.05) is 49.6 Å². The first-order valence-electron chi connectivity index (χ1n) is 15.4. The summed E-state index contributed by atoms with van der Waals surface area (Å²) in [7, 11) is 0. The van der Waals surface area contributed by atoms with E-state index in [-0.39, 0.29) is 11.5 Å². The Kier molecular flexibility index (Phi) is 5.77. The fourth-order valence-corrected chi connectivity index (χ4v) is 7.10. The molecule has 0 aliphatic rings. The Bertz CT molecular complexity index is 2610. The van der Waals surface area contributed by atoms with Crippen molar-refractivity contribution in [2.24, 2.45) is 0 Å². The number of aromatic nitrogens is 2. The van der Waals surface area contributed by atoms with E-state index in [2.05, 4.69) is 112 Å². The number of fused-ring (bicyclic) bond motifs is 6. The second-order valence-corrected chi connectivity index (χ2v) is 11.7. The van der Waals surface area contributed by atoms with Crippen molar-refractivity contribution < 1.29 is 10.2 Å². The van der Waals surface area contributed by atoms with Gasteiger partial charge in [-0.05, 0) is 72.3 Å². The largest absolute Gasteiger partial charge is 0.507 e. The van der Waals surface area contributed by atoms with Crippen LogP contribution in [0, 0.1) is 0 Å². The summed E-state index contributed by atoms with van der Waals surface area (Å²) in [6.07, 6.45) is 0. The average Bonchev–Trinajstić information content (AvgIpc) is 3.61. The van der Waals surface area contributed by atoms with E-state index >= 15 is 0 Å². The van der Waals surface area contributed by atoms with Crippen molar-refractivity contribution in [1.82, 2.24) is 9.13 Å². The zero-order chi connectivity index (χ0) is 30.8. The quantitative estimate of drug-likeness (QED) is 0.214. The van der Waals surface area contributed by atoms with Crippen LogP contribution >= 0.6 is 0 Å². The lowest BCUT2D eigenvalue weighted by Crippen LogP contribution is -1.97. The maximum atomic E-state index is 11.2. The predicted octanol–water partition coefficient (Wildman–Crippen LogP) is 10.6. The molecule has 2 N–H and O–H groups in total. The minimum absolute atomic E-state index is 0.205. The third-order valence-electron chi connectivity index (χ3n) is 9.11. The lowest BCUT2D eigenvalue weighted by atomic mass is 9.94. The van der Waals surface area contributed by atoms with Crippen LogP contribution in [-0.4, -0.2) is 19.3 Å². The molecule has 0 spiro atoms. The van der Waals surface area contributed by atoms with Crippen molar-refractivity contribution in [3.63, 3.8) is 0 Å². The lowest BCUT2D eigenvalue weighted by molar-refractivity contribution is 0.477. The molecule has 46 heavy (non-hydrogen) atoms. The van der Waals surface area contributed by atoms with Crippen molar-refractivity contribution in [2.75, 3.05) is 0 Å². The molecule has 218 valence electrons. The molecule has 7 aromatic carbocycles. The average molecular weight is 593 g/mol. The van der Waals surface area contributed by atoms with Gasteiger partial charge < -0.3 is 19.3 Å². The molecule has 0 radical (unpaired) electrons. The maximum Gasteiger partial charge on any atom is 0.123 e. The molecule has 4 heteroatoms. The van der Waals surface area contributed by atoms with Gasteiger partial charge in [0.05, 0.1) is 22.1 Å². The first-order valence-corrected chi connectivity index (χ1v) is 15.4. The van der Waals surface area contributed by atoms with E-state index in [0.717, 1.165) is 71.9 Å². The van der Waals surface area contributed by atoms with Gasteiger partial charge in [0.25, 0.3) is 0 Å². The molecule has 2 aromatic heterocycles. The summed E-state index contributed by atoms with van der Waals surface area (Å²) in [4.78, 5) is 0. The summed E-state index contributed by atoms with van der Waals surface area (Å²) in [5.74, 6) is 0.422. The van der Waals surface area contributed by atoms with Crippen molar-refractivity contribution in [2.45, 2.75) is 0 Å². The number of para-hydroxylation sites is 5. The number of hydrogen-bond acceptors (Lipinski definition) is 2. The number of hydrogen-bond donors (Lipinski definition) is 2. The molecule has 0 unspecified atom stereocenters. The van der Waals surface area contributed by atoms with Crippen LogP contribution in [0.2, 0.25) is 0 Å². The van der Waals surface area contributed by atoms with Gasteiger partial charge in [-0.3, -0.25) is 0 Å². The molecule has 0 aliphatic heterocycles. The van der Waals surface area contributed by atoms with Crippen LogP contribution < -0.4 is 0 Å². The number of aromatic hydroxyl groups is 2.